The Hall–Kier alpha value is -3.41. The van der Waals surface area contributed by atoms with Gasteiger partial charge in [0.1, 0.15) is 11.5 Å². The lowest BCUT2D eigenvalue weighted by molar-refractivity contribution is -0.123. The monoisotopic (exact) mass is 405 g/mol. The Morgan fingerprint density at radius 3 is 2.60 bits per heavy atom. The molecule has 4 rings (SSSR count). The largest absolute Gasteiger partial charge is 0.366 e. The molecule has 154 valence electrons. The van der Waals surface area contributed by atoms with Crippen LogP contribution >= 0.6 is 0 Å². The van der Waals surface area contributed by atoms with Gasteiger partial charge in [0.25, 0.3) is 5.91 Å². The van der Waals surface area contributed by atoms with Crippen LogP contribution in [0.5, 0.6) is 0 Å². The van der Waals surface area contributed by atoms with Gasteiger partial charge in [-0.15, -0.1) is 0 Å². The van der Waals surface area contributed by atoms with Gasteiger partial charge in [-0.3, -0.25) is 9.69 Å². The molecule has 0 aliphatic carbocycles. The molecule has 5 nitrogen and oxygen atoms in total. The normalized spacial score (nSPS) is 19.1. The number of halogens is 1. The van der Waals surface area contributed by atoms with Crippen LogP contribution in [0.1, 0.15) is 37.5 Å². The number of rotatable bonds is 3. The van der Waals surface area contributed by atoms with Crippen LogP contribution < -0.4 is 10.2 Å². The summed E-state index contributed by atoms with van der Waals surface area (Å²) in [7, 11) is 2.06. The first-order chi connectivity index (χ1) is 14.2. The van der Waals surface area contributed by atoms with Gasteiger partial charge < -0.3 is 10.2 Å². The van der Waals surface area contributed by atoms with Gasteiger partial charge in [-0.2, -0.15) is 0 Å². The van der Waals surface area contributed by atoms with Crippen LogP contribution in [0, 0.1) is 5.82 Å². The average molecular weight is 405 g/mol. The maximum absolute atomic E-state index is 13.9. The van der Waals surface area contributed by atoms with E-state index < -0.39 is 17.8 Å². The van der Waals surface area contributed by atoms with E-state index in [9.17, 15) is 14.0 Å². The summed E-state index contributed by atoms with van der Waals surface area (Å²) in [4.78, 5) is 28.3. The Labute approximate surface area is 175 Å². The van der Waals surface area contributed by atoms with Crippen LogP contribution in [-0.2, 0) is 11.3 Å². The maximum Gasteiger partial charge on any atom is 0.329 e. The Morgan fingerprint density at radius 2 is 1.87 bits per heavy atom. The van der Waals surface area contributed by atoms with Crippen molar-refractivity contribution in [3.63, 3.8) is 0 Å². The SMILES string of the molecule is CC1=CC(C)(C)N(C)c2ccc(/C=C3/NC(=O)N(Cc4ccccc4F)C3=O)cc21. The molecule has 0 unspecified atom stereocenters. The molecule has 0 atom stereocenters. The van der Waals surface area contributed by atoms with E-state index in [4.69, 9.17) is 0 Å². The Morgan fingerprint density at radius 1 is 1.13 bits per heavy atom. The molecule has 0 saturated carbocycles. The summed E-state index contributed by atoms with van der Waals surface area (Å²) in [6.45, 7) is 6.28. The fraction of sp³-hybridized carbons (Fsp3) is 0.250. The molecule has 2 aliphatic heterocycles. The summed E-state index contributed by atoms with van der Waals surface area (Å²) in [5, 5.41) is 2.61. The van der Waals surface area contributed by atoms with E-state index in [1.807, 2.05) is 18.2 Å². The standard InChI is InChI=1S/C24H24FN3O2/c1-15-13-24(2,3)27(4)21-10-9-16(11-18(15)21)12-20-22(29)28(23(30)26-20)14-17-7-5-6-8-19(17)25/h5-13H,14H2,1-4H3,(H,26,30)/b20-12+. The highest BCUT2D eigenvalue weighted by Gasteiger charge is 2.34. The second kappa shape index (κ2) is 7.13. The predicted octanol–water partition coefficient (Wildman–Crippen LogP) is 4.55. The number of hydrogen-bond donors (Lipinski definition) is 1. The van der Waals surface area contributed by atoms with Crippen molar-refractivity contribution in [2.45, 2.75) is 32.9 Å². The van der Waals surface area contributed by atoms with Gasteiger partial charge in [-0.1, -0.05) is 30.3 Å². The van der Waals surface area contributed by atoms with Crippen molar-refractivity contribution in [2.75, 3.05) is 11.9 Å². The number of nitrogens with zero attached hydrogens (tertiary/aromatic N) is 2. The fourth-order valence-corrected chi connectivity index (χ4v) is 3.95. The zero-order chi connectivity index (χ0) is 21.6. The third kappa shape index (κ3) is 3.38. The molecule has 2 heterocycles. The lowest BCUT2D eigenvalue weighted by atomic mass is 9.88. The molecule has 2 aromatic rings. The number of hydrogen-bond acceptors (Lipinski definition) is 3. The smallest absolute Gasteiger partial charge is 0.329 e. The zero-order valence-electron chi connectivity index (χ0n) is 17.5. The molecule has 0 bridgehead atoms. The summed E-state index contributed by atoms with van der Waals surface area (Å²) in [6.07, 6.45) is 3.87. The van der Waals surface area contributed by atoms with Gasteiger partial charge in [0.2, 0.25) is 0 Å². The Balaban J connectivity index is 1.62. The second-order valence-electron chi connectivity index (χ2n) is 8.29. The number of likely N-dealkylation sites (N-methyl/N-ethyl adjacent to an activating group) is 1. The zero-order valence-corrected chi connectivity index (χ0v) is 17.5. The van der Waals surface area contributed by atoms with E-state index >= 15 is 0 Å². The lowest BCUT2D eigenvalue weighted by Gasteiger charge is -2.40. The third-order valence-corrected chi connectivity index (χ3v) is 5.80. The summed E-state index contributed by atoms with van der Waals surface area (Å²) in [5.74, 6) is -0.911. The number of carbonyl (C=O) groups is 2. The molecule has 0 spiro atoms. The van der Waals surface area contributed by atoms with Crippen LogP contribution in [0.25, 0.3) is 11.6 Å². The van der Waals surface area contributed by atoms with Crippen LogP contribution in [0.3, 0.4) is 0 Å². The number of urea groups is 1. The summed E-state index contributed by atoms with van der Waals surface area (Å²) >= 11 is 0. The van der Waals surface area contributed by atoms with Crippen molar-refractivity contribution in [1.82, 2.24) is 10.2 Å². The number of imide groups is 1. The number of amides is 3. The van der Waals surface area contributed by atoms with E-state index in [1.54, 1.807) is 24.3 Å². The third-order valence-electron chi connectivity index (χ3n) is 5.80. The van der Waals surface area contributed by atoms with Gasteiger partial charge >= 0.3 is 6.03 Å². The lowest BCUT2D eigenvalue weighted by Crippen LogP contribution is -2.42. The summed E-state index contributed by atoms with van der Waals surface area (Å²) < 4.78 is 13.9. The van der Waals surface area contributed by atoms with E-state index in [0.29, 0.717) is 5.56 Å². The van der Waals surface area contributed by atoms with Gasteiger partial charge in [-0.05, 0) is 56.2 Å². The van der Waals surface area contributed by atoms with Crippen LogP contribution in [0.4, 0.5) is 14.9 Å². The van der Waals surface area contributed by atoms with E-state index in [0.717, 1.165) is 27.3 Å². The molecule has 2 aliphatic rings. The molecule has 30 heavy (non-hydrogen) atoms. The van der Waals surface area contributed by atoms with Crippen LogP contribution in [-0.4, -0.2) is 29.4 Å². The molecule has 6 heteroatoms. The molecule has 0 radical (unpaired) electrons. The minimum atomic E-state index is -0.551. The number of carbonyl (C=O) groups excluding carboxylic acids is 2. The van der Waals surface area contributed by atoms with Gasteiger partial charge in [0.05, 0.1) is 12.1 Å². The van der Waals surface area contributed by atoms with Crippen molar-refractivity contribution >= 4 is 29.3 Å². The van der Waals surface area contributed by atoms with E-state index in [-0.39, 0.29) is 17.8 Å². The number of allylic oxidation sites excluding steroid dienone is 1. The first-order valence-corrected chi connectivity index (χ1v) is 9.83. The van der Waals surface area contributed by atoms with Crippen LogP contribution in [0.2, 0.25) is 0 Å². The van der Waals surface area contributed by atoms with Crippen molar-refractivity contribution < 1.29 is 14.0 Å². The van der Waals surface area contributed by atoms with Gasteiger partial charge in [0.15, 0.2) is 0 Å². The van der Waals surface area contributed by atoms with Crippen molar-refractivity contribution in [2.24, 2.45) is 0 Å². The molecule has 2 aromatic carbocycles. The Kier molecular flexibility index (Phi) is 4.73. The number of benzene rings is 2. The summed E-state index contributed by atoms with van der Waals surface area (Å²) in [5.41, 5.74) is 4.57. The highest BCUT2D eigenvalue weighted by atomic mass is 19.1. The predicted molar refractivity (Wildman–Crippen MR) is 116 cm³/mol. The van der Waals surface area contributed by atoms with Crippen LogP contribution in [0.15, 0.2) is 54.2 Å². The minimum Gasteiger partial charge on any atom is -0.366 e. The molecular weight excluding hydrogens is 381 g/mol. The topological polar surface area (TPSA) is 52.7 Å². The highest BCUT2D eigenvalue weighted by Crippen LogP contribution is 2.38. The molecule has 1 N–H and O–H groups in total. The highest BCUT2D eigenvalue weighted by molar-refractivity contribution is 6.14. The summed E-state index contributed by atoms with van der Waals surface area (Å²) in [6, 6.07) is 11.5. The number of fused-ring (bicyclic) bond motifs is 1. The number of nitrogens with one attached hydrogen (secondary N) is 1. The maximum atomic E-state index is 13.9. The Bertz CT molecular complexity index is 1120. The van der Waals surface area contributed by atoms with Gasteiger partial charge in [0, 0.05) is 23.9 Å². The molecule has 1 saturated heterocycles. The van der Waals surface area contributed by atoms with E-state index in [2.05, 4.69) is 44.1 Å². The molecular formula is C24H24FN3O2. The molecule has 1 fully saturated rings. The van der Waals surface area contributed by atoms with Crippen molar-refractivity contribution in [1.29, 1.82) is 0 Å². The molecule has 3 amide bonds. The fourth-order valence-electron chi connectivity index (χ4n) is 3.95. The quantitative estimate of drug-likeness (QED) is 0.602. The minimum absolute atomic E-state index is 0.0837. The number of anilines is 1. The van der Waals surface area contributed by atoms with Crippen molar-refractivity contribution in [3.8, 4) is 0 Å². The van der Waals surface area contributed by atoms with Gasteiger partial charge in [-0.25, -0.2) is 9.18 Å². The second-order valence-corrected chi connectivity index (χ2v) is 8.29. The first kappa shape index (κ1) is 19.9. The van der Waals surface area contributed by atoms with E-state index in [1.165, 1.54) is 6.07 Å². The first-order valence-electron chi connectivity index (χ1n) is 9.83. The van der Waals surface area contributed by atoms with Crippen molar-refractivity contribution in [3.05, 3.63) is 76.7 Å². The average Bonchev–Trinajstić information content (AvgIpc) is 2.95. The molecule has 0 aromatic heterocycles.